The van der Waals surface area contributed by atoms with Crippen molar-refractivity contribution in [1.82, 2.24) is 19.6 Å². The van der Waals surface area contributed by atoms with Gasteiger partial charge in [0.1, 0.15) is 16.7 Å². The lowest BCUT2D eigenvalue weighted by Gasteiger charge is -2.14. The minimum absolute atomic E-state index is 0.0301. The maximum Gasteiger partial charge on any atom is 0.334 e. The van der Waals surface area contributed by atoms with Gasteiger partial charge in [-0.3, -0.25) is 10.1 Å². The summed E-state index contributed by atoms with van der Waals surface area (Å²) in [7, 11) is 1.11. The number of sulfonamides is 1. The number of carbonyl (C=O) groups excluding carboxylic acids is 2. The molecule has 2 aromatic heterocycles. The lowest BCUT2D eigenvalue weighted by Crippen LogP contribution is -2.36. The summed E-state index contributed by atoms with van der Waals surface area (Å²) in [5, 5.41) is 1.40. The monoisotopic (exact) mass is 443 g/mol. The standard InChI is InChI=1S/C16H18ClN5O6S/c1-22(2)15(23)10-5-6-11(17)18-14(10)29(25,26)21-16(24)20-12-7-9(27-3)8-13(19-12)28-4/h5-8H,1-4H3,(H2,19,20,21,24). The van der Waals surface area contributed by atoms with Crippen LogP contribution in [0.25, 0.3) is 0 Å². The summed E-state index contributed by atoms with van der Waals surface area (Å²) in [6, 6.07) is 4.16. The summed E-state index contributed by atoms with van der Waals surface area (Å²) in [5.41, 5.74) is -0.249. The van der Waals surface area contributed by atoms with Crippen LogP contribution in [-0.4, -0.2) is 63.5 Å². The third-order valence-corrected chi connectivity index (χ3v) is 4.89. The highest BCUT2D eigenvalue weighted by molar-refractivity contribution is 7.90. The van der Waals surface area contributed by atoms with Crippen LogP contribution in [0.2, 0.25) is 5.15 Å². The number of hydrogen-bond donors (Lipinski definition) is 2. The highest BCUT2D eigenvalue weighted by Crippen LogP contribution is 2.22. The summed E-state index contributed by atoms with van der Waals surface area (Å²) in [4.78, 5) is 33.3. The molecule has 0 aromatic carbocycles. The van der Waals surface area contributed by atoms with Crippen LogP contribution < -0.4 is 19.5 Å². The van der Waals surface area contributed by atoms with E-state index in [0.29, 0.717) is 5.75 Å². The summed E-state index contributed by atoms with van der Waals surface area (Å²) in [6.45, 7) is 0. The number of nitrogens with zero attached hydrogens (tertiary/aromatic N) is 3. The van der Waals surface area contributed by atoms with E-state index in [1.165, 1.54) is 52.6 Å². The zero-order chi connectivity index (χ0) is 21.8. The topological polar surface area (TPSA) is 140 Å². The zero-order valence-corrected chi connectivity index (χ0v) is 17.5. The number of anilines is 1. The number of amides is 3. The van der Waals surface area contributed by atoms with Crippen molar-refractivity contribution in [2.24, 2.45) is 0 Å². The van der Waals surface area contributed by atoms with Gasteiger partial charge in [-0.1, -0.05) is 11.6 Å². The third kappa shape index (κ3) is 5.45. The minimum Gasteiger partial charge on any atom is -0.496 e. The van der Waals surface area contributed by atoms with Crippen LogP contribution in [0.3, 0.4) is 0 Å². The first-order chi connectivity index (χ1) is 13.6. The number of methoxy groups -OCH3 is 2. The summed E-state index contributed by atoms with van der Waals surface area (Å²) < 4.78 is 37.1. The van der Waals surface area contributed by atoms with Crippen LogP contribution in [0, 0.1) is 0 Å². The Bertz CT molecular complexity index is 1020. The van der Waals surface area contributed by atoms with Crippen molar-refractivity contribution in [2.45, 2.75) is 5.03 Å². The highest BCUT2D eigenvalue weighted by atomic mass is 35.5. The smallest absolute Gasteiger partial charge is 0.334 e. The number of nitrogens with one attached hydrogen (secondary N) is 2. The Morgan fingerprint density at radius 1 is 1.10 bits per heavy atom. The molecule has 0 unspecified atom stereocenters. The van der Waals surface area contributed by atoms with Crippen molar-refractivity contribution in [2.75, 3.05) is 33.6 Å². The fourth-order valence-electron chi connectivity index (χ4n) is 2.11. The number of ether oxygens (including phenoxy) is 2. The average Bonchev–Trinajstić information content (AvgIpc) is 2.66. The maximum absolute atomic E-state index is 12.6. The van der Waals surface area contributed by atoms with Gasteiger partial charge in [-0.15, -0.1) is 0 Å². The second-order valence-corrected chi connectivity index (χ2v) is 7.67. The Morgan fingerprint density at radius 3 is 2.38 bits per heavy atom. The molecular formula is C16H18ClN5O6S. The molecule has 2 aromatic rings. The number of urea groups is 1. The van der Waals surface area contributed by atoms with Gasteiger partial charge < -0.3 is 14.4 Å². The van der Waals surface area contributed by atoms with E-state index in [9.17, 15) is 18.0 Å². The molecular weight excluding hydrogens is 426 g/mol. The molecule has 0 aliphatic carbocycles. The van der Waals surface area contributed by atoms with Gasteiger partial charge in [-0.25, -0.2) is 14.5 Å². The van der Waals surface area contributed by atoms with Gasteiger partial charge in [0.15, 0.2) is 5.03 Å². The summed E-state index contributed by atoms with van der Waals surface area (Å²) >= 11 is 5.77. The molecule has 13 heteroatoms. The first-order valence-corrected chi connectivity index (χ1v) is 9.75. The molecule has 2 rings (SSSR count). The molecule has 2 N–H and O–H groups in total. The Labute approximate surface area is 172 Å². The van der Waals surface area contributed by atoms with E-state index >= 15 is 0 Å². The lowest BCUT2D eigenvalue weighted by atomic mass is 10.2. The van der Waals surface area contributed by atoms with Crippen LogP contribution >= 0.6 is 11.6 Å². The van der Waals surface area contributed by atoms with Crippen LogP contribution in [0.5, 0.6) is 11.6 Å². The molecule has 0 saturated heterocycles. The van der Waals surface area contributed by atoms with E-state index in [1.807, 2.05) is 0 Å². The van der Waals surface area contributed by atoms with Crippen molar-refractivity contribution in [3.63, 3.8) is 0 Å². The first kappa shape index (κ1) is 22.2. The number of aromatic nitrogens is 2. The van der Waals surface area contributed by atoms with Crippen LogP contribution in [-0.2, 0) is 10.0 Å². The molecule has 0 saturated carbocycles. The minimum atomic E-state index is -4.54. The van der Waals surface area contributed by atoms with Crippen molar-refractivity contribution in [3.8, 4) is 11.6 Å². The molecule has 2 heterocycles. The van der Waals surface area contributed by atoms with E-state index < -0.39 is 27.0 Å². The SMILES string of the molecule is COc1cc(NC(=O)NS(=O)(=O)c2nc(Cl)ccc2C(=O)N(C)C)nc(OC)c1. The Hall–Kier alpha value is -3.12. The lowest BCUT2D eigenvalue weighted by molar-refractivity contribution is 0.0823. The number of carbonyl (C=O) groups is 2. The van der Waals surface area contributed by atoms with Gasteiger partial charge in [-0.05, 0) is 12.1 Å². The normalized spacial score (nSPS) is 10.8. The first-order valence-electron chi connectivity index (χ1n) is 7.89. The van der Waals surface area contributed by atoms with Crippen molar-refractivity contribution in [1.29, 1.82) is 0 Å². The molecule has 11 nitrogen and oxygen atoms in total. The quantitative estimate of drug-likeness (QED) is 0.637. The zero-order valence-electron chi connectivity index (χ0n) is 15.9. The summed E-state index contributed by atoms with van der Waals surface area (Å²) in [5.74, 6) is -0.199. The fraction of sp³-hybridized carbons (Fsp3) is 0.250. The number of hydrogen-bond acceptors (Lipinski definition) is 8. The van der Waals surface area contributed by atoms with E-state index in [-0.39, 0.29) is 22.4 Å². The Balaban J connectivity index is 2.31. The van der Waals surface area contributed by atoms with E-state index in [1.54, 1.807) is 4.72 Å². The summed E-state index contributed by atoms with van der Waals surface area (Å²) in [6.07, 6.45) is 0. The van der Waals surface area contributed by atoms with Crippen LogP contribution in [0.1, 0.15) is 10.4 Å². The molecule has 0 atom stereocenters. The van der Waals surface area contributed by atoms with Crippen LogP contribution in [0.4, 0.5) is 10.6 Å². The Morgan fingerprint density at radius 2 is 1.79 bits per heavy atom. The molecule has 0 spiro atoms. The van der Waals surface area contributed by atoms with Crippen LogP contribution in [0.15, 0.2) is 29.3 Å². The molecule has 0 aliphatic heterocycles. The average molecular weight is 444 g/mol. The third-order valence-electron chi connectivity index (χ3n) is 3.41. The molecule has 29 heavy (non-hydrogen) atoms. The molecule has 0 aliphatic rings. The molecule has 156 valence electrons. The van der Waals surface area contributed by atoms with E-state index in [4.69, 9.17) is 21.1 Å². The molecule has 0 radical (unpaired) electrons. The second kappa shape index (κ2) is 8.92. The maximum atomic E-state index is 12.6. The van der Waals surface area contributed by atoms with Gasteiger partial charge in [0.25, 0.3) is 15.9 Å². The van der Waals surface area contributed by atoms with Gasteiger partial charge in [-0.2, -0.15) is 13.4 Å². The molecule has 3 amide bonds. The van der Waals surface area contributed by atoms with E-state index in [0.717, 1.165) is 4.90 Å². The van der Waals surface area contributed by atoms with Crippen molar-refractivity contribution < 1.29 is 27.5 Å². The predicted molar refractivity (Wildman–Crippen MR) is 104 cm³/mol. The largest absolute Gasteiger partial charge is 0.496 e. The van der Waals surface area contributed by atoms with E-state index in [2.05, 4.69) is 15.3 Å². The molecule has 0 fully saturated rings. The van der Waals surface area contributed by atoms with Gasteiger partial charge in [0.05, 0.1) is 19.8 Å². The highest BCUT2D eigenvalue weighted by Gasteiger charge is 2.27. The van der Waals surface area contributed by atoms with Crippen molar-refractivity contribution in [3.05, 3.63) is 35.0 Å². The molecule has 0 bridgehead atoms. The van der Waals surface area contributed by atoms with Crippen molar-refractivity contribution >= 4 is 39.4 Å². The fourth-order valence-corrected chi connectivity index (χ4v) is 3.36. The number of halogens is 1. The van der Waals surface area contributed by atoms with Gasteiger partial charge in [0.2, 0.25) is 5.88 Å². The second-order valence-electron chi connectivity index (χ2n) is 5.68. The number of pyridine rings is 2. The van der Waals surface area contributed by atoms with Gasteiger partial charge >= 0.3 is 6.03 Å². The predicted octanol–water partition coefficient (Wildman–Crippen LogP) is 1.36. The van der Waals surface area contributed by atoms with Gasteiger partial charge in [0, 0.05) is 26.2 Å². The number of rotatable bonds is 6. The Kier molecular flexibility index (Phi) is 6.82.